The van der Waals surface area contributed by atoms with Crippen molar-refractivity contribution in [3.8, 4) is 0 Å². The molecular formula is C14H26O4. The second-order valence-corrected chi connectivity index (χ2v) is 4.36. The number of carbonyl (C=O) groups is 2. The number of carboxylic acid groups (broad SMARTS) is 1. The molecule has 0 aliphatic heterocycles. The summed E-state index contributed by atoms with van der Waals surface area (Å²) >= 11 is 0. The van der Waals surface area contributed by atoms with Crippen molar-refractivity contribution < 1.29 is 19.4 Å². The minimum atomic E-state index is -0.745. The van der Waals surface area contributed by atoms with Crippen molar-refractivity contribution >= 4 is 11.9 Å². The number of hydrogen-bond donors (Lipinski definition) is 1. The summed E-state index contributed by atoms with van der Waals surface area (Å²) in [6.45, 7) is 9.89. The van der Waals surface area contributed by atoms with E-state index >= 15 is 0 Å². The number of hydrogen-bond acceptors (Lipinski definition) is 3. The molecule has 0 heterocycles. The lowest BCUT2D eigenvalue weighted by atomic mass is 10.1. The highest BCUT2D eigenvalue weighted by Crippen LogP contribution is 2.07. The van der Waals surface area contributed by atoms with E-state index in [0.717, 1.165) is 18.8 Å². The van der Waals surface area contributed by atoms with Crippen LogP contribution in [0.5, 0.6) is 0 Å². The highest BCUT2D eigenvalue weighted by atomic mass is 16.5. The van der Waals surface area contributed by atoms with Gasteiger partial charge >= 0.3 is 11.9 Å². The van der Waals surface area contributed by atoms with Gasteiger partial charge in [0.1, 0.15) is 0 Å². The molecule has 0 aliphatic carbocycles. The zero-order chi connectivity index (χ0) is 14.4. The molecule has 0 saturated heterocycles. The Morgan fingerprint density at radius 1 is 1.28 bits per heavy atom. The molecule has 0 spiro atoms. The maximum atomic E-state index is 10.6. The van der Waals surface area contributed by atoms with Gasteiger partial charge in [0.25, 0.3) is 0 Å². The van der Waals surface area contributed by atoms with E-state index in [0.29, 0.717) is 6.61 Å². The Bertz CT molecular complexity index is 234. The van der Waals surface area contributed by atoms with Gasteiger partial charge in [0.2, 0.25) is 0 Å². The summed E-state index contributed by atoms with van der Waals surface area (Å²) < 4.78 is 4.84. The van der Waals surface area contributed by atoms with Gasteiger partial charge in [0.15, 0.2) is 0 Å². The average Bonchev–Trinajstić information content (AvgIpc) is 2.33. The molecule has 0 aromatic heterocycles. The van der Waals surface area contributed by atoms with Crippen LogP contribution in [0.3, 0.4) is 0 Å². The molecule has 18 heavy (non-hydrogen) atoms. The number of carboxylic acids is 1. The summed E-state index contributed by atoms with van der Waals surface area (Å²) in [4.78, 5) is 20.0. The van der Waals surface area contributed by atoms with Gasteiger partial charge in [-0.3, -0.25) is 4.79 Å². The molecule has 0 fully saturated rings. The van der Waals surface area contributed by atoms with Crippen molar-refractivity contribution in [3.63, 3.8) is 0 Å². The van der Waals surface area contributed by atoms with Crippen molar-refractivity contribution in [1.82, 2.24) is 0 Å². The van der Waals surface area contributed by atoms with Gasteiger partial charge in [-0.1, -0.05) is 46.6 Å². The van der Waals surface area contributed by atoms with E-state index in [1.165, 1.54) is 18.9 Å². The Hall–Kier alpha value is -1.32. The molecule has 0 saturated carbocycles. The number of ether oxygens (including phenoxy) is 1. The van der Waals surface area contributed by atoms with E-state index in [4.69, 9.17) is 9.84 Å². The van der Waals surface area contributed by atoms with Gasteiger partial charge in [-0.15, -0.1) is 0 Å². The van der Waals surface area contributed by atoms with Crippen LogP contribution in [-0.2, 0) is 14.3 Å². The van der Waals surface area contributed by atoms with E-state index in [1.54, 1.807) is 6.92 Å². The predicted molar refractivity (Wildman–Crippen MR) is 72.4 cm³/mol. The first-order chi connectivity index (χ1) is 8.43. The first kappa shape index (κ1) is 19.0. The van der Waals surface area contributed by atoms with Crippen molar-refractivity contribution in [1.29, 1.82) is 0 Å². The second-order valence-electron chi connectivity index (χ2n) is 4.36. The van der Waals surface area contributed by atoms with Gasteiger partial charge in [0.05, 0.1) is 6.61 Å². The summed E-state index contributed by atoms with van der Waals surface area (Å²) in [5.74, 6) is -0.287. The molecule has 0 unspecified atom stereocenters. The monoisotopic (exact) mass is 258 g/mol. The molecule has 0 aromatic carbocycles. The lowest BCUT2D eigenvalue weighted by Crippen LogP contribution is -2.01. The maximum Gasteiger partial charge on any atom is 0.330 e. The quantitative estimate of drug-likeness (QED) is 0.411. The Morgan fingerprint density at radius 2 is 1.83 bits per heavy atom. The standard InChI is InChI=1S/C11H20O2.C3H6O2/c1-4-11(12)13-9-7-5-6-8-10(2)3;1-2-3(4)5/h4,10H,1,5-9H2,2-3H3;2H2,1H3,(H,4,5). The fourth-order valence-corrected chi connectivity index (χ4v) is 1.06. The van der Waals surface area contributed by atoms with Gasteiger partial charge < -0.3 is 9.84 Å². The van der Waals surface area contributed by atoms with Crippen LogP contribution in [0.25, 0.3) is 0 Å². The third-order valence-corrected chi connectivity index (χ3v) is 2.14. The summed E-state index contributed by atoms with van der Waals surface area (Å²) in [5.41, 5.74) is 0. The number of carbonyl (C=O) groups excluding carboxylic acids is 1. The van der Waals surface area contributed by atoms with Crippen molar-refractivity contribution in [2.24, 2.45) is 5.92 Å². The molecule has 0 bridgehead atoms. The lowest BCUT2D eigenvalue weighted by Gasteiger charge is -2.04. The molecule has 1 N–H and O–H groups in total. The van der Waals surface area contributed by atoms with E-state index in [2.05, 4.69) is 20.4 Å². The highest BCUT2D eigenvalue weighted by Gasteiger charge is 1.96. The fraction of sp³-hybridized carbons (Fsp3) is 0.714. The van der Waals surface area contributed by atoms with Crippen LogP contribution >= 0.6 is 0 Å². The second kappa shape index (κ2) is 13.7. The lowest BCUT2D eigenvalue weighted by molar-refractivity contribution is -0.138. The fourth-order valence-electron chi connectivity index (χ4n) is 1.06. The normalized spacial score (nSPS) is 9.33. The third-order valence-electron chi connectivity index (χ3n) is 2.14. The maximum absolute atomic E-state index is 10.6. The van der Waals surface area contributed by atoms with Crippen molar-refractivity contribution in [2.75, 3.05) is 6.61 Å². The van der Waals surface area contributed by atoms with Crippen LogP contribution in [0, 0.1) is 5.92 Å². The van der Waals surface area contributed by atoms with Gasteiger partial charge in [-0.25, -0.2) is 4.79 Å². The van der Waals surface area contributed by atoms with E-state index in [-0.39, 0.29) is 12.4 Å². The average molecular weight is 258 g/mol. The predicted octanol–water partition coefficient (Wildman–Crippen LogP) is 3.41. The number of unbranched alkanes of at least 4 members (excludes halogenated alkanes) is 2. The Labute approximate surface area is 110 Å². The number of esters is 1. The first-order valence-corrected chi connectivity index (χ1v) is 6.45. The smallest absolute Gasteiger partial charge is 0.330 e. The van der Waals surface area contributed by atoms with Gasteiger partial charge in [-0.2, -0.15) is 0 Å². The van der Waals surface area contributed by atoms with Crippen LogP contribution in [-0.4, -0.2) is 23.7 Å². The molecule has 0 atom stereocenters. The number of rotatable bonds is 8. The van der Waals surface area contributed by atoms with Crippen LogP contribution in [0.4, 0.5) is 0 Å². The first-order valence-electron chi connectivity index (χ1n) is 6.45. The van der Waals surface area contributed by atoms with Crippen LogP contribution in [0.2, 0.25) is 0 Å². The minimum absolute atomic E-state index is 0.222. The molecule has 0 aromatic rings. The van der Waals surface area contributed by atoms with Crippen LogP contribution in [0.15, 0.2) is 12.7 Å². The van der Waals surface area contributed by atoms with E-state index < -0.39 is 5.97 Å². The largest absolute Gasteiger partial charge is 0.481 e. The van der Waals surface area contributed by atoms with Crippen LogP contribution < -0.4 is 0 Å². The zero-order valence-corrected chi connectivity index (χ0v) is 11.8. The van der Waals surface area contributed by atoms with Crippen molar-refractivity contribution in [2.45, 2.75) is 52.9 Å². The van der Waals surface area contributed by atoms with Crippen LogP contribution in [0.1, 0.15) is 52.9 Å². The SMILES string of the molecule is C=CC(=O)OCCCCCC(C)C.CCC(=O)O. The highest BCUT2D eigenvalue weighted by molar-refractivity contribution is 5.81. The summed E-state index contributed by atoms with van der Waals surface area (Å²) in [7, 11) is 0. The molecular weight excluding hydrogens is 232 g/mol. The Kier molecular flexibility index (Phi) is 14.5. The van der Waals surface area contributed by atoms with E-state index in [9.17, 15) is 9.59 Å². The summed E-state index contributed by atoms with van der Waals surface area (Å²) in [6, 6.07) is 0. The van der Waals surface area contributed by atoms with Gasteiger partial charge in [0, 0.05) is 12.5 Å². The zero-order valence-electron chi connectivity index (χ0n) is 11.8. The molecule has 4 heteroatoms. The van der Waals surface area contributed by atoms with Crippen molar-refractivity contribution in [3.05, 3.63) is 12.7 Å². The van der Waals surface area contributed by atoms with Gasteiger partial charge in [-0.05, 0) is 12.3 Å². The minimum Gasteiger partial charge on any atom is -0.481 e. The molecule has 106 valence electrons. The Balaban J connectivity index is 0. The Morgan fingerprint density at radius 3 is 2.22 bits per heavy atom. The molecule has 0 aliphatic rings. The topological polar surface area (TPSA) is 63.6 Å². The molecule has 4 nitrogen and oxygen atoms in total. The third kappa shape index (κ3) is 20.1. The molecule has 0 radical (unpaired) electrons. The summed E-state index contributed by atoms with van der Waals surface area (Å²) in [5, 5.41) is 7.72. The van der Waals surface area contributed by atoms with E-state index in [1.807, 2.05) is 0 Å². The molecule has 0 amide bonds. The molecule has 0 rings (SSSR count). The number of aliphatic carboxylic acids is 1. The summed E-state index contributed by atoms with van der Waals surface area (Å²) in [6.07, 6.45) is 6.02.